The Hall–Kier alpha value is -3.12. The summed E-state index contributed by atoms with van der Waals surface area (Å²) in [7, 11) is 1.58. The number of benzene rings is 2. The Kier molecular flexibility index (Phi) is 4.59. The van der Waals surface area contributed by atoms with Crippen LogP contribution >= 0.6 is 0 Å². The molecule has 2 bridgehead atoms. The van der Waals surface area contributed by atoms with Gasteiger partial charge in [0, 0.05) is 18.3 Å². The number of anilines is 1. The molecule has 0 saturated carbocycles. The van der Waals surface area contributed by atoms with Gasteiger partial charge in [-0.1, -0.05) is 48.6 Å². The molecule has 2 aromatic rings. The van der Waals surface area contributed by atoms with Crippen LogP contribution in [0.4, 0.5) is 5.69 Å². The van der Waals surface area contributed by atoms with Crippen LogP contribution in [-0.2, 0) is 20.7 Å². The topological polar surface area (TPSA) is 67.9 Å². The van der Waals surface area contributed by atoms with E-state index in [1.807, 2.05) is 53.5 Å². The van der Waals surface area contributed by atoms with Crippen LogP contribution in [0.15, 0.2) is 66.7 Å². The lowest BCUT2D eigenvalue weighted by atomic mass is 9.77. The van der Waals surface area contributed by atoms with E-state index in [4.69, 9.17) is 9.47 Å². The molecule has 2 aromatic carbocycles. The van der Waals surface area contributed by atoms with Crippen molar-refractivity contribution in [3.8, 4) is 5.75 Å². The molecule has 6 heteroatoms. The number of amides is 2. The number of hydrogen-bond donors (Lipinski definition) is 1. The number of hydrogen-bond acceptors (Lipinski definition) is 4. The van der Waals surface area contributed by atoms with Gasteiger partial charge in [-0.2, -0.15) is 0 Å². The van der Waals surface area contributed by atoms with Crippen molar-refractivity contribution in [3.63, 3.8) is 0 Å². The monoisotopic (exact) mass is 404 g/mol. The van der Waals surface area contributed by atoms with Gasteiger partial charge in [-0.3, -0.25) is 9.59 Å². The lowest BCUT2D eigenvalue weighted by Gasteiger charge is -2.23. The third-order valence-corrected chi connectivity index (χ3v) is 6.33. The van der Waals surface area contributed by atoms with Crippen LogP contribution in [0.1, 0.15) is 5.56 Å². The second-order valence-corrected chi connectivity index (χ2v) is 8.12. The van der Waals surface area contributed by atoms with Crippen LogP contribution in [0.3, 0.4) is 0 Å². The fraction of sp³-hybridized carbons (Fsp3) is 0.333. The van der Waals surface area contributed by atoms with Gasteiger partial charge >= 0.3 is 0 Å². The van der Waals surface area contributed by atoms with E-state index in [0.717, 1.165) is 6.42 Å². The highest BCUT2D eigenvalue weighted by Gasteiger charge is 2.66. The first-order valence-corrected chi connectivity index (χ1v) is 10.2. The first kappa shape index (κ1) is 18.9. The maximum atomic E-state index is 13.3. The van der Waals surface area contributed by atoms with E-state index in [0.29, 0.717) is 24.5 Å². The first-order valence-electron chi connectivity index (χ1n) is 10.2. The molecule has 2 amide bonds. The van der Waals surface area contributed by atoms with Crippen LogP contribution in [0.5, 0.6) is 5.75 Å². The van der Waals surface area contributed by atoms with E-state index in [-0.39, 0.29) is 17.9 Å². The SMILES string of the molecule is COc1cccc(NC(=O)[C@H]2[C@@H]3C=C[C@]4(CN(CCc5ccccc5)C(=O)[C@@H]24)O3)c1. The van der Waals surface area contributed by atoms with Gasteiger partial charge in [0.2, 0.25) is 11.8 Å². The first-order chi connectivity index (χ1) is 14.6. The van der Waals surface area contributed by atoms with Gasteiger partial charge in [-0.05, 0) is 24.1 Å². The van der Waals surface area contributed by atoms with Crippen LogP contribution in [0, 0.1) is 11.8 Å². The Balaban J connectivity index is 1.32. The Morgan fingerprint density at radius 2 is 2.07 bits per heavy atom. The predicted molar refractivity (Wildman–Crippen MR) is 112 cm³/mol. The molecule has 4 atom stereocenters. The molecular weight excluding hydrogens is 380 g/mol. The molecule has 2 fully saturated rings. The summed E-state index contributed by atoms with van der Waals surface area (Å²) in [6.07, 6.45) is 4.34. The summed E-state index contributed by atoms with van der Waals surface area (Å²) >= 11 is 0. The number of nitrogens with zero attached hydrogens (tertiary/aromatic N) is 1. The van der Waals surface area contributed by atoms with Crippen molar-refractivity contribution in [2.75, 3.05) is 25.5 Å². The fourth-order valence-electron chi connectivity index (χ4n) is 4.90. The van der Waals surface area contributed by atoms with Crippen LogP contribution in [0.25, 0.3) is 0 Å². The van der Waals surface area contributed by atoms with Gasteiger partial charge in [-0.25, -0.2) is 0 Å². The smallest absolute Gasteiger partial charge is 0.231 e. The lowest BCUT2D eigenvalue weighted by molar-refractivity contribution is -0.135. The van der Waals surface area contributed by atoms with Crippen molar-refractivity contribution in [2.45, 2.75) is 18.1 Å². The number of methoxy groups -OCH3 is 1. The zero-order valence-electron chi connectivity index (χ0n) is 16.8. The summed E-state index contributed by atoms with van der Waals surface area (Å²) in [6, 6.07) is 17.3. The third kappa shape index (κ3) is 3.08. The van der Waals surface area contributed by atoms with Crippen LogP contribution in [-0.4, -0.2) is 48.6 Å². The zero-order valence-corrected chi connectivity index (χ0v) is 16.8. The number of rotatable bonds is 6. The molecule has 3 aliphatic heterocycles. The molecule has 0 aromatic heterocycles. The fourth-order valence-corrected chi connectivity index (χ4v) is 4.90. The van der Waals surface area contributed by atoms with Crippen LogP contribution in [0.2, 0.25) is 0 Å². The van der Waals surface area contributed by atoms with E-state index < -0.39 is 17.4 Å². The maximum absolute atomic E-state index is 13.3. The highest BCUT2D eigenvalue weighted by Crippen LogP contribution is 2.52. The summed E-state index contributed by atoms with van der Waals surface area (Å²) in [6.45, 7) is 1.12. The van der Waals surface area contributed by atoms with Crippen LogP contribution < -0.4 is 10.1 Å². The molecule has 3 heterocycles. The van der Waals surface area contributed by atoms with E-state index >= 15 is 0 Å². The maximum Gasteiger partial charge on any atom is 0.231 e. The molecule has 2 saturated heterocycles. The van der Waals surface area contributed by atoms with E-state index in [2.05, 4.69) is 17.4 Å². The number of nitrogens with one attached hydrogen (secondary N) is 1. The van der Waals surface area contributed by atoms with Gasteiger partial charge in [0.15, 0.2) is 0 Å². The predicted octanol–water partition coefficient (Wildman–Crippen LogP) is 2.66. The molecule has 0 aliphatic carbocycles. The van der Waals surface area contributed by atoms with Gasteiger partial charge in [0.1, 0.15) is 11.4 Å². The molecule has 154 valence electrons. The molecule has 6 nitrogen and oxygen atoms in total. The number of carbonyl (C=O) groups is 2. The second kappa shape index (κ2) is 7.29. The molecule has 1 spiro atoms. The Morgan fingerprint density at radius 1 is 1.23 bits per heavy atom. The average molecular weight is 404 g/mol. The number of fused-ring (bicyclic) bond motifs is 1. The van der Waals surface area contributed by atoms with E-state index in [9.17, 15) is 9.59 Å². The molecule has 3 aliphatic rings. The van der Waals surface area contributed by atoms with Crippen molar-refractivity contribution in [3.05, 3.63) is 72.3 Å². The van der Waals surface area contributed by atoms with Crippen molar-refractivity contribution < 1.29 is 19.1 Å². The molecule has 1 N–H and O–H groups in total. The molecule has 0 unspecified atom stereocenters. The Bertz CT molecular complexity index is 1010. The number of ether oxygens (including phenoxy) is 2. The van der Waals surface area contributed by atoms with E-state index in [1.54, 1.807) is 13.2 Å². The summed E-state index contributed by atoms with van der Waals surface area (Å²) in [5.41, 5.74) is 1.15. The standard InChI is InChI=1S/C24H24N2O4/c1-29-18-9-5-8-17(14-18)25-22(27)20-19-10-12-24(30-19)15-26(23(28)21(20)24)13-11-16-6-3-2-4-7-16/h2-10,12,14,19-21H,11,13,15H2,1H3,(H,25,27)/t19-,20-,21+,24+/m0/s1. The molecule has 30 heavy (non-hydrogen) atoms. The normalized spacial score (nSPS) is 28.6. The summed E-state index contributed by atoms with van der Waals surface area (Å²) < 4.78 is 11.4. The third-order valence-electron chi connectivity index (χ3n) is 6.33. The molecule has 0 radical (unpaired) electrons. The van der Waals surface area contributed by atoms with Crippen molar-refractivity contribution >= 4 is 17.5 Å². The van der Waals surface area contributed by atoms with Crippen molar-refractivity contribution in [2.24, 2.45) is 11.8 Å². The summed E-state index contributed by atoms with van der Waals surface area (Å²) in [4.78, 5) is 28.3. The van der Waals surface area contributed by atoms with Gasteiger partial charge in [0.05, 0.1) is 31.6 Å². The van der Waals surface area contributed by atoms with E-state index in [1.165, 1.54) is 5.56 Å². The summed E-state index contributed by atoms with van der Waals surface area (Å²) in [5.74, 6) is -0.534. The van der Waals surface area contributed by atoms with Gasteiger partial charge in [0.25, 0.3) is 0 Å². The lowest BCUT2D eigenvalue weighted by Crippen LogP contribution is -2.41. The highest BCUT2D eigenvalue weighted by molar-refractivity contribution is 5.99. The van der Waals surface area contributed by atoms with Gasteiger partial charge in [-0.15, -0.1) is 0 Å². The molecule has 5 rings (SSSR count). The van der Waals surface area contributed by atoms with Crippen molar-refractivity contribution in [1.82, 2.24) is 4.90 Å². The quantitative estimate of drug-likeness (QED) is 0.752. The van der Waals surface area contributed by atoms with Crippen molar-refractivity contribution in [1.29, 1.82) is 0 Å². The largest absolute Gasteiger partial charge is 0.497 e. The Morgan fingerprint density at radius 3 is 2.87 bits per heavy atom. The zero-order chi connectivity index (χ0) is 20.7. The molecular formula is C24H24N2O4. The number of carbonyl (C=O) groups excluding carboxylic acids is 2. The second-order valence-electron chi connectivity index (χ2n) is 8.12. The number of likely N-dealkylation sites (tertiary alicyclic amines) is 1. The van der Waals surface area contributed by atoms with Gasteiger partial charge < -0.3 is 19.7 Å². The summed E-state index contributed by atoms with van der Waals surface area (Å²) in [5, 5.41) is 2.94. The minimum atomic E-state index is -0.686. The minimum Gasteiger partial charge on any atom is -0.497 e. The minimum absolute atomic E-state index is 0.00331. The highest BCUT2D eigenvalue weighted by atomic mass is 16.5. The Labute approximate surface area is 175 Å². The average Bonchev–Trinajstić information content (AvgIpc) is 3.41.